The average molecular weight is 263 g/mol. The molecule has 1 saturated carbocycles. The molecule has 1 heterocycles. The highest BCUT2D eigenvalue weighted by Gasteiger charge is 2.15. The fourth-order valence-corrected chi connectivity index (χ4v) is 2.39. The summed E-state index contributed by atoms with van der Waals surface area (Å²) in [6, 6.07) is 0.529. The minimum absolute atomic E-state index is 0.0530. The molecule has 0 aliphatic heterocycles. The van der Waals surface area contributed by atoms with E-state index >= 15 is 0 Å². The van der Waals surface area contributed by atoms with Gasteiger partial charge in [-0.1, -0.05) is 25.7 Å². The van der Waals surface area contributed by atoms with Crippen LogP contribution in [0.2, 0.25) is 0 Å². The molecule has 2 N–H and O–H groups in total. The Morgan fingerprint density at radius 3 is 2.42 bits per heavy atom. The SMILES string of the molecule is CC(C)(C)Nc1nncc(NC2CCCCCC2)n1. The predicted molar refractivity (Wildman–Crippen MR) is 78.3 cm³/mol. The highest BCUT2D eigenvalue weighted by atomic mass is 15.3. The summed E-state index contributed by atoms with van der Waals surface area (Å²) >= 11 is 0. The molecule has 1 fully saturated rings. The van der Waals surface area contributed by atoms with Gasteiger partial charge in [-0.25, -0.2) is 0 Å². The number of hydrogen-bond acceptors (Lipinski definition) is 5. The number of nitrogens with zero attached hydrogens (tertiary/aromatic N) is 3. The second-order valence-electron chi connectivity index (χ2n) is 6.37. The minimum atomic E-state index is -0.0530. The number of hydrogen-bond donors (Lipinski definition) is 2. The molecule has 1 aliphatic carbocycles. The van der Waals surface area contributed by atoms with Crippen molar-refractivity contribution >= 4 is 11.8 Å². The lowest BCUT2D eigenvalue weighted by molar-refractivity contribution is 0.611. The first-order valence-electron chi connectivity index (χ1n) is 7.27. The van der Waals surface area contributed by atoms with Gasteiger partial charge in [-0.15, -0.1) is 5.10 Å². The van der Waals surface area contributed by atoms with Crippen molar-refractivity contribution in [3.8, 4) is 0 Å². The normalized spacial score (nSPS) is 17.8. The van der Waals surface area contributed by atoms with Crippen LogP contribution >= 0.6 is 0 Å². The van der Waals surface area contributed by atoms with Crippen LogP contribution in [0.25, 0.3) is 0 Å². The second-order valence-corrected chi connectivity index (χ2v) is 6.37. The summed E-state index contributed by atoms with van der Waals surface area (Å²) in [5.41, 5.74) is -0.0530. The van der Waals surface area contributed by atoms with Crippen LogP contribution in [0.4, 0.5) is 11.8 Å². The Hall–Kier alpha value is -1.39. The van der Waals surface area contributed by atoms with Gasteiger partial charge in [0.25, 0.3) is 0 Å². The molecular formula is C14H25N5. The Morgan fingerprint density at radius 2 is 1.79 bits per heavy atom. The van der Waals surface area contributed by atoms with Crippen molar-refractivity contribution < 1.29 is 0 Å². The molecule has 0 atom stereocenters. The van der Waals surface area contributed by atoms with Gasteiger partial charge in [0.15, 0.2) is 5.82 Å². The molecule has 0 saturated heterocycles. The molecule has 19 heavy (non-hydrogen) atoms. The Kier molecular flexibility index (Phi) is 4.56. The van der Waals surface area contributed by atoms with E-state index in [9.17, 15) is 0 Å². The zero-order valence-electron chi connectivity index (χ0n) is 12.2. The van der Waals surface area contributed by atoms with Gasteiger partial charge in [-0.05, 0) is 33.6 Å². The summed E-state index contributed by atoms with van der Waals surface area (Å²) in [6.07, 6.45) is 9.50. The van der Waals surface area contributed by atoms with Crippen LogP contribution in [0.15, 0.2) is 6.20 Å². The molecule has 1 aliphatic rings. The van der Waals surface area contributed by atoms with E-state index in [1.165, 1.54) is 38.5 Å². The molecule has 0 spiro atoms. The van der Waals surface area contributed by atoms with Gasteiger partial charge in [0.2, 0.25) is 5.95 Å². The maximum atomic E-state index is 4.49. The molecule has 5 nitrogen and oxygen atoms in total. The molecule has 5 heteroatoms. The van der Waals surface area contributed by atoms with E-state index < -0.39 is 0 Å². The van der Waals surface area contributed by atoms with Crippen molar-refractivity contribution in [3.05, 3.63) is 6.20 Å². The molecule has 0 aromatic carbocycles. The summed E-state index contributed by atoms with van der Waals surface area (Å²) < 4.78 is 0. The van der Waals surface area contributed by atoms with E-state index in [1.807, 2.05) is 0 Å². The first-order chi connectivity index (χ1) is 9.03. The van der Waals surface area contributed by atoms with Gasteiger partial charge in [0, 0.05) is 11.6 Å². The van der Waals surface area contributed by atoms with Gasteiger partial charge in [0.05, 0.1) is 6.20 Å². The maximum absolute atomic E-state index is 4.49. The van der Waals surface area contributed by atoms with Crippen molar-refractivity contribution in [3.63, 3.8) is 0 Å². The highest BCUT2D eigenvalue weighted by molar-refractivity contribution is 5.38. The standard InChI is InChI=1S/C14H25N5/c1-14(2,3)18-13-17-12(10-15-19-13)16-11-8-6-4-5-7-9-11/h10-11H,4-9H2,1-3H3,(H2,16,17,18,19). The van der Waals surface area contributed by atoms with E-state index in [4.69, 9.17) is 0 Å². The van der Waals surface area contributed by atoms with Gasteiger partial charge >= 0.3 is 0 Å². The summed E-state index contributed by atoms with van der Waals surface area (Å²) in [4.78, 5) is 4.49. The Labute approximate surface area is 115 Å². The Balaban J connectivity index is 1.98. The Bertz CT molecular complexity index is 391. The van der Waals surface area contributed by atoms with Crippen LogP contribution in [-0.2, 0) is 0 Å². The van der Waals surface area contributed by atoms with Gasteiger partial charge in [-0.2, -0.15) is 10.1 Å². The first-order valence-corrected chi connectivity index (χ1v) is 7.27. The van der Waals surface area contributed by atoms with Crippen LogP contribution in [0.5, 0.6) is 0 Å². The monoisotopic (exact) mass is 263 g/mol. The number of anilines is 2. The quantitative estimate of drug-likeness (QED) is 0.820. The largest absolute Gasteiger partial charge is 0.366 e. The van der Waals surface area contributed by atoms with Crippen molar-refractivity contribution in [2.75, 3.05) is 10.6 Å². The Morgan fingerprint density at radius 1 is 1.11 bits per heavy atom. The molecule has 1 aromatic rings. The third-order valence-corrected chi connectivity index (χ3v) is 3.25. The zero-order valence-corrected chi connectivity index (χ0v) is 12.2. The van der Waals surface area contributed by atoms with Crippen molar-refractivity contribution in [1.29, 1.82) is 0 Å². The van der Waals surface area contributed by atoms with E-state index in [-0.39, 0.29) is 5.54 Å². The molecule has 0 bridgehead atoms. The average Bonchev–Trinajstić information content (AvgIpc) is 2.56. The lowest BCUT2D eigenvalue weighted by Gasteiger charge is -2.21. The van der Waals surface area contributed by atoms with Crippen LogP contribution in [0.3, 0.4) is 0 Å². The zero-order chi connectivity index (χ0) is 13.7. The highest BCUT2D eigenvalue weighted by Crippen LogP contribution is 2.20. The second kappa shape index (κ2) is 6.17. The van der Waals surface area contributed by atoms with Crippen LogP contribution in [-0.4, -0.2) is 26.8 Å². The third-order valence-electron chi connectivity index (χ3n) is 3.25. The topological polar surface area (TPSA) is 62.7 Å². The fourth-order valence-electron chi connectivity index (χ4n) is 2.39. The maximum Gasteiger partial charge on any atom is 0.245 e. The predicted octanol–water partition coefficient (Wildman–Crippen LogP) is 3.22. The van der Waals surface area contributed by atoms with Gasteiger partial charge in [0.1, 0.15) is 0 Å². The molecule has 0 unspecified atom stereocenters. The molecule has 2 rings (SSSR count). The molecule has 0 radical (unpaired) electrons. The van der Waals surface area contributed by atoms with E-state index in [2.05, 4.69) is 46.6 Å². The molecular weight excluding hydrogens is 238 g/mol. The summed E-state index contributed by atoms with van der Waals surface area (Å²) in [6.45, 7) is 6.26. The van der Waals surface area contributed by atoms with Crippen molar-refractivity contribution in [1.82, 2.24) is 15.2 Å². The summed E-state index contributed by atoms with van der Waals surface area (Å²) in [7, 11) is 0. The molecule has 1 aromatic heterocycles. The molecule has 0 amide bonds. The number of aromatic nitrogens is 3. The van der Waals surface area contributed by atoms with Crippen molar-refractivity contribution in [2.24, 2.45) is 0 Å². The van der Waals surface area contributed by atoms with Gasteiger partial charge in [-0.3, -0.25) is 0 Å². The number of nitrogens with one attached hydrogen (secondary N) is 2. The third kappa shape index (κ3) is 5.01. The van der Waals surface area contributed by atoms with Gasteiger partial charge < -0.3 is 10.6 Å². The minimum Gasteiger partial charge on any atom is -0.366 e. The van der Waals surface area contributed by atoms with E-state index in [1.54, 1.807) is 6.20 Å². The van der Waals surface area contributed by atoms with Crippen LogP contribution < -0.4 is 10.6 Å². The summed E-state index contributed by atoms with van der Waals surface area (Å²) in [5, 5.41) is 14.8. The van der Waals surface area contributed by atoms with Crippen molar-refractivity contribution in [2.45, 2.75) is 70.9 Å². The first kappa shape index (κ1) is 14.0. The molecule has 106 valence electrons. The van der Waals surface area contributed by atoms with Crippen LogP contribution in [0, 0.1) is 0 Å². The lowest BCUT2D eigenvalue weighted by Crippen LogP contribution is -2.28. The summed E-state index contributed by atoms with van der Waals surface area (Å²) in [5.74, 6) is 1.42. The lowest BCUT2D eigenvalue weighted by atomic mass is 10.1. The smallest absolute Gasteiger partial charge is 0.245 e. The van der Waals surface area contributed by atoms with E-state index in [0.29, 0.717) is 12.0 Å². The fraction of sp³-hybridized carbons (Fsp3) is 0.786. The number of rotatable bonds is 3. The van der Waals surface area contributed by atoms with E-state index in [0.717, 1.165) is 5.82 Å². The van der Waals surface area contributed by atoms with Crippen LogP contribution in [0.1, 0.15) is 59.3 Å².